The summed E-state index contributed by atoms with van der Waals surface area (Å²) >= 11 is 4.11. The average Bonchev–Trinajstić information content (AvgIpc) is 2.42. The van der Waals surface area contributed by atoms with Crippen LogP contribution < -0.4 is 0 Å². The Morgan fingerprint density at radius 1 is 1.44 bits per heavy atom. The third-order valence-electron chi connectivity index (χ3n) is 3.39. The highest BCUT2D eigenvalue weighted by atomic mass is 32.1. The molecule has 1 unspecified atom stereocenters. The summed E-state index contributed by atoms with van der Waals surface area (Å²) in [5.41, 5.74) is 0. The van der Waals surface area contributed by atoms with E-state index in [1.165, 1.54) is 0 Å². The van der Waals surface area contributed by atoms with Gasteiger partial charge in [-0.05, 0) is 24.7 Å². The Labute approximate surface area is 104 Å². The van der Waals surface area contributed by atoms with Crippen molar-refractivity contribution in [3.63, 3.8) is 0 Å². The first-order valence-corrected chi connectivity index (χ1v) is 6.82. The molecule has 0 bridgehead atoms. The number of rotatable bonds is 4. The fourth-order valence-electron chi connectivity index (χ4n) is 2.19. The van der Waals surface area contributed by atoms with Crippen LogP contribution in [0.3, 0.4) is 0 Å². The third kappa shape index (κ3) is 4.20. The lowest BCUT2D eigenvalue weighted by atomic mass is 9.89. The number of nitrogens with zero attached hydrogens (tertiary/aromatic N) is 1. The fraction of sp³-hybridized carbons (Fsp3) is 0.769. The number of thiol groups is 1. The highest BCUT2D eigenvalue weighted by Crippen LogP contribution is 2.24. The first kappa shape index (κ1) is 13.6. The third-order valence-corrected chi connectivity index (χ3v) is 3.60. The van der Waals surface area contributed by atoms with Crippen LogP contribution >= 0.6 is 12.6 Å². The molecular weight excluding hydrogens is 218 g/mol. The monoisotopic (exact) mass is 241 g/mol. The molecule has 1 saturated heterocycles. The van der Waals surface area contributed by atoms with E-state index in [0.717, 1.165) is 38.1 Å². The predicted molar refractivity (Wildman–Crippen MR) is 71.8 cm³/mol. The van der Waals surface area contributed by atoms with Crippen LogP contribution in [-0.4, -0.2) is 29.6 Å². The lowest BCUT2D eigenvalue weighted by Crippen LogP contribution is -2.30. The van der Waals surface area contributed by atoms with E-state index in [2.05, 4.69) is 26.5 Å². The van der Waals surface area contributed by atoms with E-state index in [9.17, 15) is 4.79 Å². The molecule has 0 saturated carbocycles. The standard InChI is InChI=1S/C13H23NOS/c1-11(2)12-5-6-13(15)14(9-7-12)8-3-4-10-16/h3-4,11-12,16H,5-10H2,1-2H3. The molecule has 0 spiro atoms. The first-order valence-electron chi connectivity index (χ1n) is 6.18. The maximum atomic E-state index is 11.8. The molecule has 0 aromatic carbocycles. The molecule has 1 heterocycles. The molecule has 3 heteroatoms. The molecule has 0 aliphatic carbocycles. The first-order chi connectivity index (χ1) is 7.65. The summed E-state index contributed by atoms with van der Waals surface area (Å²) in [6, 6.07) is 0. The Kier molecular flexibility index (Phi) is 5.96. The van der Waals surface area contributed by atoms with E-state index in [-0.39, 0.29) is 0 Å². The van der Waals surface area contributed by atoms with E-state index < -0.39 is 0 Å². The second-order valence-corrected chi connectivity index (χ2v) is 5.19. The van der Waals surface area contributed by atoms with Crippen molar-refractivity contribution in [2.45, 2.75) is 33.1 Å². The molecule has 2 nitrogen and oxygen atoms in total. The fourth-order valence-corrected chi connectivity index (χ4v) is 2.34. The van der Waals surface area contributed by atoms with Crippen molar-refractivity contribution >= 4 is 18.5 Å². The minimum atomic E-state index is 0.312. The van der Waals surface area contributed by atoms with Crippen LogP contribution in [0.2, 0.25) is 0 Å². The molecule has 92 valence electrons. The van der Waals surface area contributed by atoms with Crippen LogP contribution in [0.15, 0.2) is 12.2 Å². The van der Waals surface area contributed by atoms with Gasteiger partial charge in [0, 0.05) is 25.3 Å². The van der Waals surface area contributed by atoms with Crippen LogP contribution in [0.1, 0.15) is 33.1 Å². The summed E-state index contributed by atoms with van der Waals surface area (Å²) in [6.45, 7) is 6.18. The van der Waals surface area contributed by atoms with Gasteiger partial charge in [0.1, 0.15) is 0 Å². The van der Waals surface area contributed by atoms with E-state index >= 15 is 0 Å². The maximum Gasteiger partial charge on any atom is 0.222 e. The lowest BCUT2D eigenvalue weighted by Gasteiger charge is -2.20. The van der Waals surface area contributed by atoms with Gasteiger partial charge in [-0.2, -0.15) is 12.6 Å². The summed E-state index contributed by atoms with van der Waals surface area (Å²) in [5, 5.41) is 0. The highest BCUT2D eigenvalue weighted by Gasteiger charge is 2.23. The van der Waals surface area contributed by atoms with E-state index in [1.807, 2.05) is 17.1 Å². The van der Waals surface area contributed by atoms with Crippen molar-refractivity contribution in [1.82, 2.24) is 4.90 Å². The van der Waals surface area contributed by atoms with Crippen LogP contribution in [0, 0.1) is 11.8 Å². The van der Waals surface area contributed by atoms with Gasteiger partial charge in [0.25, 0.3) is 0 Å². The Hall–Kier alpha value is -0.440. The topological polar surface area (TPSA) is 20.3 Å². The van der Waals surface area contributed by atoms with Crippen molar-refractivity contribution in [2.75, 3.05) is 18.8 Å². The Morgan fingerprint density at radius 3 is 2.81 bits per heavy atom. The van der Waals surface area contributed by atoms with Crippen LogP contribution in [0.4, 0.5) is 0 Å². The van der Waals surface area contributed by atoms with Gasteiger partial charge in [-0.3, -0.25) is 4.79 Å². The molecule has 1 aliphatic rings. The van der Waals surface area contributed by atoms with Gasteiger partial charge < -0.3 is 4.90 Å². The van der Waals surface area contributed by atoms with Gasteiger partial charge >= 0.3 is 0 Å². The summed E-state index contributed by atoms with van der Waals surface area (Å²) in [4.78, 5) is 13.8. The molecule has 1 atom stereocenters. The maximum absolute atomic E-state index is 11.8. The summed E-state index contributed by atoms with van der Waals surface area (Å²) in [6.07, 6.45) is 6.97. The molecule has 16 heavy (non-hydrogen) atoms. The van der Waals surface area contributed by atoms with Crippen molar-refractivity contribution < 1.29 is 4.79 Å². The zero-order valence-corrected chi connectivity index (χ0v) is 11.2. The number of carbonyl (C=O) groups excluding carboxylic acids is 1. The van der Waals surface area contributed by atoms with Crippen molar-refractivity contribution in [2.24, 2.45) is 11.8 Å². The van der Waals surface area contributed by atoms with Gasteiger partial charge in [-0.1, -0.05) is 26.0 Å². The van der Waals surface area contributed by atoms with Crippen molar-refractivity contribution in [3.8, 4) is 0 Å². The number of likely N-dealkylation sites (tertiary alicyclic amines) is 1. The SMILES string of the molecule is CC(C)C1CCC(=O)N(CC=CCS)CC1. The molecule has 0 radical (unpaired) electrons. The second kappa shape index (κ2) is 7.00. The predicted octanol–water partition coefficient (Wildman–Crippen LogP) is 2.76. The van der Waals surface area contributed by atoms with Gasteiger partial charge in [0.05, 0.1) is 0 Å². The summed E-state index contributed by atoms with van der Waals surface area (Å²) < 4.78 is 0. The average molecular weight is 241 g/mol. The quantitative estimate of drug-likeness (QED) is 0.593. The second-order valence-electron chi connectivity index (χ2n) is 4.83. The Balaban J connectivity index is 2.47. The normalized spacial score (nSPS) is 23.1. The molecule has 1 amide bonds. The highest BCUT2D eigenvalue weighted by molar-refractivity contribution is 7.80. The largest absolute Gasteiger partial charge is 0.339 e. The van der Waals surface area contributed by atoms with Gasteiger partial charge in [0.2, 0.25) is 5.91 Å². The minimum absolute atomic E-state index is 0.312. The Bertz CT molecular complexity index is 250. The molecule has 1 aliphatic heterocycles. The smallest absolute Gasteiger partial charge is 0.222 e. The molecule has 0 N–H and O–H groups in total. The lowest BCUT2D eigenvalue weighted by molar-refractivity contribution is -0.130. The molecule has 0 aromatic rings. The van der Waals surface area contributed by atoms with Crippen LogP contribution in [0.5, 0.6) is 0 Å². The van der Waals surface area contributed by atoms with E-state index in [1.54, 1.807) is 0 Å². The number of carbonyl (C=O) groups is 1. The number of hydrogen-bond acceptors (Lipinski definition) is 2. The molecular formula is C13H23NOS. The summed E-state index contributed by atoms with van der Waals surface area (Å²) in [7, 11) is 0. The number of amides is 1. The van der Waals surface area contributed by atoms with Crippen LogP contribution in [-0.2, 0) is 4.79 Å². The van der Waals surface area contributed by atoms with Gasteiger partial charge in [0.15, 0.2) is 0 Å². The molecule has 1 rings (SSSR count). The zero-order valence-electron chi connectivity index (χ0n) is 10.4. The van der Waals surface area contributed by atoms with Crippen molar-refractivity contribution in [3.05, 3.63) is 12.2 Å². The van der Waals surface area contributed by atoms with E-state index in [4.69, 9.17) is 0 Å². The Morgan fingerprint density at radius 2 is 2.19 bits per heavy atom. The summed E-state index contributed by atoms with van der Waals surface area (Å²) in [5.74, 6) is 2.46. The minimum Gasteiger partial charge on any atom is -0.339 e. The molecule has 0 aromatic heterocycles. The molecule has 1 fully saturated rings. The van der Waals surface area contributed by atoms with Crippen LogP contribution in [0.25, 0.3) is 0 Å². The van der Waals surface area contributed by atoms with Crippen molar-refractivity contribution in [1.29, 1.82) is 0 Å². The zero-order chi connectivity index (χ0) is 12.0. The van der Waals surface area contributed by atoms with Gasteiger partial charge in [-0.15, -0.1) is 0 Å². The number of hydrogen-bond donors (Lipinski definition) is 1. The van der Waals surface area contributed by atoms with Gasteiger partial charge in [-0.25, -0.2) is 0 Å². The van der Waals surface area contributed by atoms with E-state index in [0.29, 0.717) is 17.7 Å².